The van der Waals surface area contributed by atoms with E-state index < -0.39 is 23.5 Å². The molecular formula is C16H16F5N3S. The van der Waals surface area contributed by atoms with Gasteiger partial charge in [-0.05, 0) is 18.2 Å². The van der Waals surface area contributed by atoms with Gasteiger partial charge in [0.2, 0.25) is 0 Å². The van der Waals surface area contributed by atoms with Crippen molar-refractivity contribution in [2.45, 2.75) is 19.3 Å². The van der Waals surface area contributed by atoms with Crippen LogP contribution in [-0.2, 0) is 19.3 Å². The lowest BCUT2D eigenvalue weighted by atomic mass is 10.1. The van der Waals surface area contributed by atoms with Crippen molar-refractivity contribution in [2.75, 3.05) is 26.2 Å². The maximum Gasteiger partial charge on any atom is 0.434 e. The van der Waals surface area contributed by atoms with Gasteiger partial charge in [-0.25, -0.2) is 13.8 Å². The molecule has 3 rings (SSSR count). The Morgan fingerprint density at radius 2 is 1.64 bits per heavy atom. The van der Waals surface area contributed by atoms with Crippen LogP contribution in [0.3, 0.4) is 0 Å². The first kappa shape index (κ1) is 18.2. The van der Waals surface area contributed by atoms with Crippen molar-refractivity contribution in [3.63, 3.8) is 0 Å². The van der Waals surface area contributed by atoms with E-state index in [0.717, 1.165) is 28.8 Å². The SMILES string of the molecule is Fc1ccc(F)c(CN2CCN(Cc3nc(C(F)(F)F)cs3)CC2)c1. The summed E-state index contributed by atoms with van der Waals surface area (Å²) in [6.45, 7) is 3.21. The molecule has 0 unspecified atom stereocenters. The van der Waals surface area contributed by atoms with Crippen LogP contribution in [0, 0.1) is 11.6 Å². The van der Waals surface area contributed by atoms with Crippen LogP contribution in [0.4, 0.5) is 22.0 Å². The molecule has 2 aromatic rings. The van der Waals surface area contributed by atoms with Crippen molar-refractivity contribution in [2.24, 2.45) is 0 Å². The fraction of sp³-hybridized carbons (Fsp3) is 0.438. The molecule has 1 fully saturated rings. The second kappa shape index (κ2) is 7.35. The third kappa shape index (κ3) is 4.74. The lowest BCUT2D eigenvalue weighted by Gasteiger charge is -2.34. The second-order valence-electron chi connectivity index (χ2n) is 5.91. The molecule has 1 aromatic carbocycles. The largest absolute Gasteiger partial charge is 0.434 e. The fourth-order valence-corrected chi connectivity index (χ4v) is 3.56. The zero-order valence-corrected chi connectivity index (χ0v) is 14.0. The smallest absolute Gasteiger partial charge is 0.296 e. The Hall–Kier alpha value is -1.58. The summed E-state index contributed by atoms with van der Waals surface area (Å²) in [6, 6.07) is 3.39. The van der Waals surface area contributed by atoms with E-state index in [1.165, 1.54) is 6.07 Å². The first-order valence-electron chi connectivity index (χ1n) is 7.71. The van der Waals surface area contributed by atoms with Crippen LogP contribution in [-0.4, -0.2) is 41.0 Å². The summed E-state index contributed by atoms with van der Waals surface area (Å²) in [7, 11) is 0. The van der Waals surface area contributed by atoms with E-state index in [1.54, 1.807) is 0 Å². The zero-order chi connectivity index (χ0) is 18.0. The van der Waals surface area contributed by atoms with Crippen molar-refractivity contribution in [3.05, 3.63) is 51.5 Å². The van der Waals surface area contributed by atoms with Crippen molar-refractivity contribution >= 4 is 11.3 Å². The molecule has 2 heterocycles. The molecule has 1 aliphatic rings. The molecule has 1 aromatic heterocycles. The Labute approximate surface area is 145 Å². The Morgan fingerprint density at radius 1 is 1.00 bits per heavy atom. The molecule has 25 heavy (non-hydrogen) atoms. The van der Waals surface area contributed by atoms with Crippen LogP contribution >= 0.6 is 11.3 Å². The first-order chi connectivity index (χ1) is 11.8. The van der Waals surface area contributed by atoms with Gasteiger partial charge in [-0.2, -0.15) is 13.2 Å². The number of halogens is 5. The summed E-state index contributed by atoms with van der Waals surface area (Å²) < 4.78 is 64.6. The Balaban J connectivity index is 1.52. The number of nitrogens with zero attached hydrogens (tertiary/aromatic N) is 3. The predicted octanol–water partition coefficient (Wildman–Crippen LogP) is 3.76. The minimum atomic E-state index is -4.41. The molecule has 0 spiro atoms. The van der Waals surface area contributed by atoms with Gasteiger partial charge in [-0.1, -0.05) is 0 Å². The summed E-state index contributed by atoms with van der Waals surface area (Å²) >= 11 is 0.999. The second-order valence-corrected chi connectivity index (χ2v) is 6.85. The minimum absolute atomic E-state index is 0.309. The van der Waals surface area contributed by atoms with E-state index in [0.29, 0.717) is 49.8 Å². The molecule has 0 saturated carbocycles. The van der Waals surface area contributed by atoms with Crippen LogP contribution in [0.1, 0.15) is 16.3 Å². The summed E-state index contributed by atoms with van der Waals surface area (Å²) in [5, 5.41) is 1.45. The molecule has 0 N–H and O–H groups in total. The quantitative estimate of drug-likeness (QED) is 0.757. The topological polar surface area (TPSA) is 19.4 Å². The van der Waals surface area contributed by atoms with Crippen molar-refractivity contribution in [3.8, 4) is 0 Å². The van der Waals surface area contributed by atoms with E-state index in [9.17, 15) is 22.0 Å². The summed E-state index contributed by atoms with van der Waals surface area (Å²) in [4.78, 5) is 7.64. The molecule has 0 bridgehead atoms. The van der Waals surface area contributed by atoms with E-state index in [4.69, 9.17) is 0 Å². The van der Waals surface area contributed by atoms with E-state index in [1.807, 2.05) is 9.80 Å². The van der Waals surface area contributed by atoms with Gasteiger partial charge in [0, 0.05) is 43.7 Å². The molecule has 1 saturated heterocycles. The highest BCUT2D eigenvalue weighted by atomic mass is 32.1. The van der Waals surface area contributed by atoms with Crippen molar-refractivity contribution < 1.29 is 22.0 Å². The molecule has 0 amide bonds. The van der Waals surface area contributed by atoms with Gasteiger partial charge in [-0.3, -0.25) is 9.80 Å². The van der Waals surface area contributed by atoms with Crippen molar-refractivity contribution in [1.82, 2.24) is 14.8 Å². The van der Waals surface area contributed by atoms with E-state index in [2.05, 4.69) is 4.98 Å². The normalized spacial score (nSPS) is 17.2. The standard InChI is InChI=1S/C16H16F5N3S/c17-12-1-2-13(18)11(7-12)8-23-3-5-24(6-4-23)9-15-22-14(10-25-15)16(19,20)21/h1-2,7,10H,3-6,8-9H2. The third-order valence-electron chi connectivity index (χ3n) is 4.07. The Morgan fingerprint density at radius 3 is 2.24 bits per heavy atom. The van der Waals surface area contributed by atoms with Gasteiger partial charge in [0.05, 0.1) is 6.54 Å². The average Bonchev–Trinajstić information content (AvgIpc) is 3.02. The number of hydrogen-bond donors (Lipinski definition) is 0. The predicted molar refractivity (Wildman–Crippen MR) is 84.0 cm³/mol. The third-order valence-corrected chi connectivity index (χ3v) is 4.90. The molecule has 136 valence electrons. The van der Waals surface area contributed by atoms with Crippen LogP contribution < -0.4 is 0 Å². The van der Waals surface area contributed by atoms with Gasteiger partial charge < -0.3 is 0 Å². The summed E-state index contributed by atoms with van der Waals surface area (Å²) in [6.07, 6.45) is -4.41. The highest BCUT2D eigenvalue weighted by Gasteiger charge is 2.33. The van der Waals surface area contributed by atoms with E-state index >= 15 is 0 Å². The van der Waals surface area contributed by atoms with Crippen LogP contribution in [0.15, 0.2) is 23.6 Å². The lowest BCUT2D eigenvalue weighted by Crippen LogP contribution is -2.45. The first-order valence-corrected chi connectivity index (χ1v) is 8.59. The molecule has 0 atom stereocenters. The highest BCUT2D eigenvalue weighted by Crippen LogP contribution is 2.30. The Bertz CT molecular complexity index is 723. The fourth-order valence-electron chi connectivity index (χ4n) is 2.72. The zero-order valence-electron chi connectivity index (χ0n) is 13.2. The number of aromatic nitrogens is 1. The maximum atomic E-state index is 13.7. The molecular weight excluding hydrogens is 361 g/mol. The maximum absolute atomic E-state index is 13.7. The highest BCUT2D eigenvalue weighted by molar-refractivity contribution is 7.09. The van der Waals surface area contributed by atoms with Gasteiger partial charge in [0.1, 0.15) is 16.6 Å². The number of hydrogen-bond acceptors (Lipinski definition) is 4. The Kier molecular flexibility index (Phi) is 5.35. The number of piperazine rings is 1. The molecule has 3 nitrogen and oxygen atoms in total. The van der Waals surface area contributed by atoms with Gasteiger partial charge in [0.15, 0.2) is 5.69 Å². The molecule has 1 aliphatic heterocycles. The van der Waals surface area contributed by atoms with Crippen LogP contribution in [0.25, 0.3) is 0 Å². The lowest BCUT2D eigenvalue weighted by molar-refractivity contribution is -0.140. The van der Waals surface area contributed by atoms with Crippen LogP contribution in [0.5, 0.6) is 0 Å². The molecule has 0 radical (unpaired) electrons. The van der Waals surface area contributed by atoms with Crippen LogP contribution in [0.2, 0.25) is 0 Å². The monoisotopic (exact) mass is 377 g/mol. The molecule has 0 aliphatic carbocycles. The van der Waals surface area contributed by atoms with Gasteiger partial charge in [-0.15, -0.1) is 11.3 Å². The number of alkyl halides is 3. The minimum Gasteiger partial charge on any atom is -0.296 e. The van der Waals surface area contributed by atoms with Gasteiger partial charge in [0.25, 0.3) is 0 Å². The summed E-state index contributed by atoms with van der Waals surface area (Å²) in [5.41, 5.74) is -0.545. The van der Waals surface area contributed by atoms with E-state index in [-0.39, 0.29) is 0 Å². The summed E-state index contributed by atoms with van der Waals surface area (Å²) in [5.74, 6) is -0.912. The van der Waals surface area contributed by atoms with Gasteiger partial charge >= 0.3 is 6.18 Å². The van der Waals surface area contributed by atoms with Crippen molar-refractivity contribution in [1.29, 1.82) is 0 Å². The number of rotatable bonds is 4. The number of thiazole rings is 1. The number of benzene rings is 1. The molecule has 9 heteroatoms. The average molecular weight is 377 g/mol.